The fraction of sp³-hybridized carbons (Fsp3) is 0.273. The van der Waals surface area contributed by atoms with Crippen molar-refractivity contribution in [2.75, 3.05) is 18.3 Å². The molecular weight excluding hydrogens is 287 g/mol. The van der Waals surface area contributed by atoms with Crippen LogP contribution in [0.5, 0.6) is 5.75 Å². The molecule has 0 saturated carbocycles. The van der Waals surface area contributed by atoms with E-state index in [9.17, 15) is 22.8 Å². The number of anilines is 1. The summed E-state index contributed by atoms with van der Waals surface area (Å²) in [4.78, 5) is 22.5. The Kier molecular flexibility index (Phi) is 4.77. The van der Waals surface area contributed by atoms with Gasteiger partial charge in [-0.25, -0.2) is 0 Å². The summed E-state index contributed by atoms with van der Waals surface area (Å²) in [7, 11) is 1.25. The lowest BCUT2D eigenvalue weighted by Gasteiger charge is -2.14. The Morgan fingerprint density at radius 3 is 2.47 bits per heavy atom. The number of carbonyl (C=O) groups is 2. The zero-order valence-corrected chi connectivity index (χ0v) is 10.4. The van der Waals surface area contributed by atoms with Crippen LogP contribution in [0, 0.1) is 0 Å². The van der Waals surface area contributed by atoms with E-state index in [0.29, 0.717) is 0 Å². The molecule has 0 saturated heterocycles. The number of rotatable bonds is 4. The summed E-state index contributed by atoms with van der Waals surface area (Å²) < 4.78 is 41.4. The SMILES string of the molecule is COc1cccc(NC(=O)C(F)(F)F)c1C(=O)CCl. The average Bonchev–Trinajstić information content (AvgIpc) is 2.36. The summed E-state index contributed by atoms with van der Waals surface area (Å²) in [6.45, 7) is 0. The number of hydrogen-bond acceptors (Lipinski definition) is 3. The van der Waals surface area contributed by atoms with Gasteiger partial charge in [0.25, 0.3) is 0 Å². The van der Waals surface area contributed by atoms with Gasteiger partial charge in [-0.3, -0.25) is 9.59 Å². The molecule has 0 bridgehead atoms. The number of nitrogens with one attached hydrogen (secondary N) is 1. The molecule has 1 rings (SSSR count). The minimum Gasteiger partial charge on any atom is -0.496 e. The summed E-state index contributed by atoms with van der Waals surface area (Å²) in [5.41, 5.74) is -0.495. The number of benzene rings is 1. The zero-order valence-electron chi connectivity index (χ0n) is 9.68. The maximum absolute atomic E-state index is 12.2. The van der Waals surface area contributed by atoms with Crippen molar-refractivity contribution in [3.63, 3.8) is 0 Å². The van der Waals surface area contributed by atoms with Crippen molar-refractivity contribution in [3.8, 4) is 5.75 Å². The summed E-state index contributed by atoms with van der Waals surface area (Å²) in [5.74, 6) is -3.25. The number of alkyl halides is 4. The highest BCUT2D eigenvalue weighted by Crippen LogP contribution is 2.28. The Hall–Kier alpha value is -1.76. The quantitative estimate of drug-likeness (QED) is 0.686. The fourth-order valence-electron chi connectivity index (χ4n) is 1.35. The maximum atomic E-state index is 12.2. The minimum atomic E-state index is -5.05. The van der Waals surface area contributed by atoms with E-state index in [1.54, 1.807) is 5.32 Å². The van der Waals surface area contributed by atoms with Crippen LogP contribution in [-0.4, -0.2) is 30.9 Å². The smallest absolute Gasteiger partial charge is 0.471 e. The first-order chi connectivity index (χ1) is 8.81. The molecule has 4 nitrogen and oxygen atoms in total. The molecule has 0 aliphatic rings. The molecule has 104 valence electrons. The summed E-state index contributed by atoms with van der Waals surface area (Å²) in [6, 6.07) is 3.88. The molecule has 1 amide bonds. The van der Waals surface area contributed by atoms with Gasteiger partial charge >= 0.3 is 12.1 Å². The van der Waals surface area contributed by atoms with E-state index < -0.39 is 23.7 Å². The Bertz CT molecular complexity index is 502. The fourth-order valence-corrected chi connectivity index (χ4v) is 1.49. The van der Waals surface area contributed by atoms with E-state index in [1.165, 1.54) is 19.2 Å². The first kappa shape index (κ1) is 15.3. The van der Waals surface area contributed by atoms with Crippen LogP contribution < -0.4 is 10.1 Å². The molecule has 1 aromatic rings. The number of carbonyl (C=O) groups excluding carboxylic acids is 2. The maximum Gasteiger partial charge on any atom is 0.471 e. The molecule has 0 aliphatic carbocycles. The zero-order chi connectivity index (χ0) is 14.6. The van der Waals surface area contributed by atoms with Gasteiger partial charge in [0.15, 0.2) is 5.78 Å². The highest BCUT2D eigenvalue weighted by Gasteiger charge is 2.39. The second kappa shape index (κ2) is 5.92. The van der Waals surface area contributed by atoms with Crippen LogP contribution in [0.2, 0.25) is 0 Å². The van der Waals surface area contributed by atoms with E-state index in [4.69, 9.17) is 16.3 Å². The van der Waals surface area contributed by atoms with Crippen molar-refractivity contribution in [1.82, 2.24) is 0 Å². The molecule has 0 spiro atoms. The van der Waals surface area contributed by atoms with Crippen LogP contribution in [0.1, 0.15) is 10.4 Å². The number of ether oxygens (including phenoxy) is 1. The Morgan fingerprint density at radius 1 is 1.37 bits per heavy atom. The lowest BCUT2D eigenvalue weighted by Crippen LogP contribution is -2.30. The predicted octanol–water partition coefficient (Wildman–Crippen LogP) is 2.62. The Labute approximate surface area is 111 Å². The number of Topliss-reactive ketones (excluding diaryl/α,β-unsaturated/α-hetero) is 1. The summed E-state index contributed by atoms with van der Waals surface area (Å²) in [6.07, 6.45) is -5.05. The number of methoxy groups -OCH3 is 1. The summed E-state index contributed by atoms with van der Waals surface area (Å²) in [5, 5.41) is 1.62. The van der Waals surface area contributed by atoms with Crippen LogP contribution in [-0.2, 0) is 4.79 Å². The van der Waals surface area contributed by atoms with Gasteiger partial charge in [-0.05, 0) is 12.1 Å². The molecule has 1 N–H and O–H groups in total. The monoisotopic (exact) mass is 295 g/mol. The first-order valence-corrected chi connectivity index (χ1v) is 5.49. The third-order valence-corrected chi connectivity index (χ3v) is 2.39. The first-order valence-electron chi connectivity index (χ1n) is 4.95. The minimum absolute atomic E-state index is 0.0330. The van der Waals surface area contributed by atoms with Gasteiger partial charge in [-0.1, -0.05) is 6.07 Å². The predicted molar refractivity (Wildman–Crippen MR) is 62.7 cm³/mol. The van der Waals surface area contributed by atoms with Gasteiger partial charge < -0.3 is 10.1 Å². The van der Waals surface area contributed by atoms with Crippen molar-refractivity contribution in [3.05, 3.63) is 23.8 Å². The number of ketones is 1. The standard InChI is InChI=1S/C11H9ClF3NO3/c1-19-8-4-2-3-6(9(8)7(17)5-12)16-10(18)11(13,14)15/h2-4H,5H2,1H3,(H,16,18). The third-order valence-electron chi connectivity index (χ3n) is 2.15. The van der Waals surface area contributed by atoms with Gasteiger partial charge in [-0.2, -0.15) is 13.2 Å². The topological polar surface area (TPSA) is 55.4 Å². The molecule has 8 heteroatoms. The number of hydrogen-bond donors (Lipinski definition) is 1. The van der Waals surface area contributed by atoms with E-state index in [0.717, 1.165) is 6.07 Å². The van der Waals surface area contributed by atoms with Gasteiger partial charge in [0.05, 0.1) is 24.2 Å². The van der Waals surface area contributed by atoms with Crippen molar-refractivity contribution >= 4 is 29.0 Å². The lowest BCUT2D eigenvalue weighted by molar-refractivity contribution is -0.167. The van der Waals surface area contributed by atoms with Crippen molar-refractivity contribution < 1.29 is 27.5 Å². The lowest BCUT2D eigenvalue weighted by atomic mass is 10.1. The second-order valence-electron chi connectivity index (χ2n) is 3.39. The highest BCUT2D eigenvalue weighted by molar-refractivity contribution is 6.31. The van der Waals surface area contributed by atoms with Crippen LogP contribution >= 0.6 is 11.6 Å². The summed E-state index contributed by atoms with van der Waals surface area (Å²) >= 11 is 5.37. The van der Waals surface area contributed by atoms with Gasteiger partial charge in [-0.15, -0.1) is 11.6 Å². The molecule has 0 aliphatic heterocycles. The average molecular weight is 296 g/mol. The molecule has 0 atom stereocenters. The van der Waals surface area contributed by atoms with Crippen molar-refractivity contribution in [2.45, 2.75) is 6.18 Å². The van der Waals surface area contributed by atoms with Crippen molar-refractivity contribution in [1.29, 1.82) is 0 Å². The van der Waals surface area contributed by atoms with Crippen LogP contribution in [0.4, 0.5) is 18.9 Å². The molecule has 0 aromatic heterocycles. The van der Waals surface area contributed by atoms with Gasteiger partial charge in [0.2, 0.25) is 0 Å². The van der Waals surface area contributed by atoms with Crippen molar-refractivity contribution in [2.24, 2.45) is 0 Å². The Balaban J connectivity index is 3.21. The molecular formula is C11H9ClF3NO3. The highest BCUT2D eigenvalue weighted by atomic mass is 35.5. The van der Waals surface area contributed by atoms with E-state index in [2.05, 4.69) is 0 Å². The number of halogens is 4. The molecule has 0 heterocycles. The van der Waals surface area contributed by atoms with Crippen LogP contribution in [0.3, 0.4) is 0 Å². The third kappa shape index (κ3) is 3.60. The molecule has 0 unspecified atom stereocenters. The van der Waals surface area contributed by atoms with E-state index in [1.807, 2.05) is 0 Å². The van der Waals surface area contributed by atoms with E-state index in [-0.39, 0.29) is 17.0 Å². The molecule has 0 radical (unpaired) electrons. The molecule has 19 heavy (non-hydrogen) atoms. The second-order valence-corrected chi connectivity index (χ2v) is 3.66. The van der Waals surface area contributed by atoms with E-state index >= 15 is 0 Å². The largest absolute Gasteiger partial charge is 0.496 e. The normalized spacial score (nSPS) is 11.0. The Morgan fingerprint density at radius 2 is 2.00 bits per heavy atom. The molecule has 0 fully saturated rings. The van der Waals surface area contributed by atoms with Gasteiger partial charge in [0.1, 0.15) is 5.75 Å². The van der Waals surface area contributed by atoms with Crippen LogP contribution in [0.25, 0.3) is 0 Å². The van der Waals surface area contributed by atoms with Gasteiger partial charge in [0, 0.05) is 0 Å². The number of amides is 1. The van der Waals surface area contributed by atoms with Crippen LogP contribution in [0.15, 0.2) is 18.2 Å². The molecule has 1 aromatic carbocycles.